The molecule has 0 aliphatic rings. The number of ether oxygens (including phenoxy) is 2. The number of nitrogens with zero attached hydrogens (tertiary/aromatic N) is 2. The summed E-state index contributed by atoms with van der Waals surface area (Å²) in [6, 6.07) is 5.00. The maximum Gasteiger partial charge on any atom is 0.257 e. The van der Waals surface area contributed by atoms with Gasteiger partial charge in [-0.2, -0.15) is 0 Å². The molecule has 1 heterocycles. The number of hydrogen-bond donors (Lipinski definition) is 1. The smallest absolute Gasteiger partial charge is 0.257 e. The minimum Gasteiger partial charge on any atom is -0.493 e. The quantitative estimate of drug-likeness (QED) is 0.906. The number of rotatable bonds is 5. The topological polar surface area (TPSA) is 73.3 Å². The lowest BCUT2D eigenvalue weighted by atomic mass is 9.93. The van der Waals surface area contributed by atoms with Crippen molar-refractivity contribution in [2.75, 3.05) is 19.5 Å². The van der Waals surface area contributed by atoms with Gasteiger partial charge >= 0.3 is 0 Å². The Kier molecular flexibility index (Phi) is 5.20. The molecule has 0 saturated heterocycles. The molecule has 0 aliphatic heterocycles. The maximum absolute atomic E-state index is 12.3. The van der Waals surface area contributed by atoms with Crippen LogP contribution in [0.2, 0.25) is 0 Å². The molecule has 0 saturated carbocycles. The SMILES string of the molecule is COc1ccc(C(=O)Nc2nnc(CC(C)(C)C)s2)cc1OC. The molecule has 1 N–H and O–H groups in total. The number of carbonyl (C=O) groups excluding carboxylic acids is 1. The summed E-state index contributed by atoms with van der Waals surface area (Å²) >= 11 is 1.39. The van der Waals surface area contributed by atoms with Gasteiger partial charge in [0, 0.05) is 12.0 Å². The maximum atomic E-state index is 12.3. The monoisotopic (exact) mass is 335 g/mol. The van der Waals surface area contributed by atoms with Crippen molar-refractivity contribution in [3.63, 3.8) is 0 Å². The Morgan fingerprint density at radius 1 is 1.17 bits per heavy atom. The van der Waals surface area contributed by atoms with Crippen molar-refractivity contribution in [1.82, 2.24) is 10.2 Å². The van der Waals surface area contributed by atoms with E-state index in [1.165, 1.54) is 18.4 Å². The van der Waals surface area contributed by atoms with Crippen LogP contribution in [0, 0.1) is 5.41 Å². The standard InChI is InChI=1S/C16H21N3O3S/c1-16(2,3)9-13-18-19-15(23-13)17-14(20)10-6-7-11(21-4)12(8-10)22-5/h6-8H,9H2,1-5H3,(H,17,19,20). The number of methoxy groups -OCH3 is 2. The van der Waals surface area contributed by atoms with E-state index in [4.69, 9.17) is 9.47 Å². The van der Waals surface area contributed by atoms with Crippen molar-refractivity contribution in [3.05, 3.63) is 28.8 Å². The van der Waals surface area contributed by atoms with Crippen molar-refractivity contribution in [3.8, 4) is 11.5 Å². The van der Waals surface area contributed by atoms with E-state index in [-0.39, 0.29) is 11.3 Å². The van der Waals surface area contributed by atoms with Crippen molar-refractivity contribution < 1.29 is 14.3 Å². The average molecular weight is 335 g/mol. The molecule has 2 aromatic rings. The molecule has 0 atom stereocenters. The Bertz CT molecular complexity index is 692. The zero-order chi connectivity index (χ0) is 17.0. The van der Waals surface area contributed by atoms with Crippen LogP contribution >= 0.6 is 11.3 Å². The third-order valence-electron chi connectivity index (χ3n) is 3.01. The molecule has 0 spiro atoms. The first-order valence-electron chi connectivity index (χ1n) is 7.18. The zero-order valence-corrected chi connectivity index (χ0v) is 14.8. The van der Waals surface area contributed by atoms with E-state index in [9.17, 15) is 4.79 Å². The minimum atomic E-state index is -0.260. The van der Waals surface area contributed by atoms with E-state index < -0.39 is 0 Å². The van der Waals surface area contributed by atoms with Crippen molar-refractivity contribution in [1.29, 1.82) is 0 Å². The van der Waals surface area contributed by atoms with E-state index in [1.54, 1.807) is 25.3 Å². The molecular weight excluding hydrogens is 314 g/mol. The van der Waals surface area contributed by atoms with Gasteiger partial charge in [-0.15, -0.1) is 10.2 Å². The van der Waals surface area contributed by atoms with E-state index in [1.807, 2.05) is 0 Å². The molecule has 0 aliphatic carbocycles. The summed E-state index contributed by atoms with van der Waals surface area (Å²) in [5, 5.41) is 12.3. The lowest BCUT2D eigenvalue weighted by Gasteiger charge is -2.14. The fourth-order valence-corrected chi connectivity index (χ4v) is 3.01. The summed E-state index contributed by atoms with van der Waals surface area (Å²) in [6.45, 7) is 6.41. The summed E-state index contributed by atoms with van der Waals surface area (Å²) in [7, 11) is 3.08. The van der Waals surface area contributed by atoms with Gasteiger partial charge in [0.15, 0.2) is 11.5 Å². The van der Waals surface area contributed by atoms with Crippen LogP contribution in [0.3, 0.4) is 0 Å². The van der Waals surface area contributed by atoms with Crippen LogP contribution in [-0.4, -0.2) is 30.3 Å². The molecule has 0 fully saturated rings. The highest BCUT2D eigenvalue weighted by atomic mass is 32.1. The highest BCUT2D eigenvalue weighted by Crippen LogP contribution is 2.28. The molecule has 0 unspecified atom stereocenters. The first-order valence-corrected chi connectivity index (χ1v) is 8.00. The molecule has 0 bridgehead atoms. The van der Waals surface area contributed by atoms with Gasteiger partial charge in [0.1, 0.15) is 5.01 Å². The Morgan fingerprint density at radius 2 is 1.87 bits per heavy atom. The van der Waals surface area contributed by atoms with Crippen LogP contribution in [0.5, 0.6) is 11.5 Å². The van der Waals surface area contributed by atoms with E-state index >= 15 is 0 Å². The predicted molar refractivity (Wildman–Crippen MR) is 90.6 cm³/mol. The molecule has 23 heavy (non-hydrogen) atoms. The number of hydrogen-bond acceptors (Lipinski definition) is 6. The minimum absolute atomic E-state index is 0.129. The Morgan fingerprint density at radius 3 is 2.48 bits per heavy atom. The first-order chi connectivity index (χ1) is 10.8. The van der Waals surface area contributed by atoms with Gasteiger partial charge < -0.3 is 9.47 Å². The van der Waals surface area contributed by atoms with Crippen LogP contribution in [0.1, 0.15) is 36.1 Å². The predicted octanol–water partition coefficient (Wildman–Crippen LogP) is 3.40. The number of carbonyl (C=O) groups is 1. The van der Waals surface area contributed by atoms with E-state index in [0.717, 1.165) is 11.4 Å². The number of aromatic nitrogens is 2. The number of amides is 1. The normalized spacial score (nSPS) is 11.2. The number of anilines is 1. The summed E-state index contributed by atoms with van der Waals surface area (Å²) in [5.41, 5.74) is 0.597. The van der Waals surface area contributed by atoms with E-state index in [2.05, 4.69) is 36.3 Å². The summed E-state index contributed by atoms with van der Waals surface area (Å²) in [6.07, 6.45) is 0.816. The first kappa shape index (κ1) is 17.2. The van der Waals surface area contributed by atoms with Crippen LogP contribution in [0.15, 0.2) is 18.2 Å². The third kappa shape index (κ3) is 4.66. The summed E-state index contributed by atoms with van der Waals surface area (Å²) < 4.78 is 10.4. The molecule has 7 heteroatoms. The van der Waals surface area contributed by atoms with Crippen LogP contribution in [0.4, 0.5) is 5.13 Å². The Hall–Kier alpha value is -2.15. The molecule has 124 valence electrons. The second kappa shape index (κ2) is 6.95. The van der Waals surface area contributed by atoms with Gasteiger partial charge in [-0.25, -0.2) is 0 Å². The molecule has 1 amide bonds. The van der Waals surface area contributed by atoms with Gasteiger partial charge in [-0.05, 0) is 23.6 Å². The molecule has 6 nitrogen and oxygen atoms in total. The van der Waals surface area contributed by atoms with Gasteiger partial charge in [0.2, 0.25) is 5.13 Å². The van der Waals surface area contributed by atoms with Crippen LogP contribution in [0.25, 0.3) is 0 Å². The molecule has 2 rings (SSSR count). The Labute approximate surface area is 139 Å². The molecular formula is C16H21N3O3S. The zero-order valence-electron chi connectivity index (χ0n) is 14.0. The fraction of sp³-hybridized carbons (Fsp3) is 0.438. The van der Waals surface area contributed by atoms with Gasteiger partial charge in [-0.1, -0.05) is 32.1 Å². The second-order valence-corrected chi connectivity index (χ2v) is 7.32. The number of benzene rings is 1. The third-order valence-corrected chi connectivity index (χ3v) is 3.85. The Balaban J connectivity index is 2.10. The number of nitrogens with one attached hydrogen (secondary N) is 1. The lowest BCUT2D eigenvalue weighted by Crippen LogP contribution is -2.12. The van der Waals surface area contributed by atoms with Gasteiger partial charge in [0.05, 0.1) is 14.2 Å². The van der Waals surface area contributed by atoms with Crippen molar-refractivity contribution in [2.24, 2.45) is 5.41 Å². The van der Waals surface area contributed by atoms with Crippen molar-refractivity contribution in [2.45, 2.75) is 27.2 Å². The van der Waals surface area contributed by atoms with Crippen molar-refractivity contribution >= 4 is 22.4 Å². The summed E-state index contributed by atoms with van der Waals surface area (Å²) in [5.74, 6) is 0.822. The molecule has 1 aromatic heterocycles. The largest absolute Gasteiger partial charge is 0.493 e. The summed E-state index contributed by atoms with van der Waals surface area (Å²) in [4.78, 5) is 12.3. The fourth-order valence-electron chi connectivity index (χ4n) is 1.98. The second-order valence-electron chi connectivity index (χ2n) is 6.26. The molecule has 1 aromatic carbocycles. The van der Waals surface area contributed by atoms with E-state index in [0.29, 0.717) is 22.2 Å². The highest BCUT2D eigenvalue weighted by molar-refractivity contribution is 7.15. The average Bonchev–Trinajstić information content (AvgIpc) is 2.91. The van der Waals surface area contributed by atoms with Crippen LogP contribution < -0.4 is 14.8 Å². The van der Waals surface area contributed by atoms with Crippen LogP contribution in [-0.2, 0) is 6.42 Å². The highest BCUT2D eigenvalue weighted by Gasteiger charge is 2.17. The van der Waals surface area contributed by atoms with Gasteiger partial charge in [-0.3, -0.25) is 10.1 Å². The lowest BCUT2D eigenvalue weighted by molar-refractivity contribution is 0.102. The van der Waals surface area contributed by atoms with Gasteiger partial charge in [0.25, 0.3) is 5.91 Å². The molecule has 0 radical (unpaired) electrons.